The third kappa shape index (κ3) is 3.57. The molecule has 94 valence electrons. The highest BCUT2D eigenvalue weighted by Crippen LogP contribution is 2.33. The maximum absolute atomic E-state index is 10.3. The molecule has 0 aliphatic carbocycles. The van der Waals surface area contributed by atoms with Gasteiger partial charge in [0.05, 0.1) is 12.7 Å². The summed E-state index contributed by atoms with van der Waals surface area (Å²) in [5.41, 5.74) is 0.994. The van der Waals surface area contributed by atoms with E-state index in [-0.39, 0.29) is 6.10 Å². The first-order valence-electron chi connectivity index (χ1n) is 5.91. The van der Waals surface area contributed by atoms with Gasteiger partial charge in [-0.3, -0.25) is 0 Å². The minimum Gasteiger partial charge on any atom is -0.494 e. The Morgan fingerprint density at radius 1 is 1.35 bits per heavy atom. The Labute approximate surface area is 111 Å². The fraction of sp³-hybridized carbons (Fsp3) is 0.538. The number of hydrogen-bond acceptors (Lipinski definition) is 4. The summed E-state index contributed by atoms with van der Waals surface area (Å²) < 4.78 is 5.40. The lowest BCUT2D eigenvalue weighted by atomic mass is 10.1. The Morgan fingerprint density at radius 3 is 2.71 bits per heavy atom. The second-order valence-electron chi connectivity index (χ2n) is 3.93. The van der Waals surface area contributed by atoms with Crippen LogP contribution in [0.15, 0.2) is 24.3 Å². The van der Waals surface area contributed by atoms with Crippen molar-refractivity contribution in [1.82, 2.24) is 0 Å². The Morgan fingerprint density at radius 2 is 2.12 bits per heavy atom. The van der Waals surface area contributed by atoms with Crippen LogP contribution in [0.3, 0.4) is 0 Å². The molecule has 1 fully saturated rings. The summed E-state index contributed by atoms with van der Waals surface area (Å²) in [5, 5.41) is 10.6. The number of aliphatic hydroxyl groups excluding tert-OH is 1. The molecule has 2 rings (SSSR count). The van der Waals surface area contributed by atoms with Gasteiger partial charge in [0, 0.05) is 22.5 Å². The zero-order valence-corrected chi connectivity index (χ0v) is 11.6. The van der Waals surface area contributed by atoms with Crippen molar-refractivity contribution in [3.63, 3.8) is 0 Å². The molecular weight excluding hydrogens is 252 g/mol. The van der Waals surface area contributed by atoms with E-state index >= 15 is 0 Å². The topological polar surface area (TPSA) is 29.5 Å². The molecule has 1 aromatic rings. The highest BCUT2D eigenvalue weighted by atomic mass is 32.2. The van der Waals surface area contributed by atoms with Crippen molar-refractivity contribution < 1.29 is 9.84 Å². The first-order chi connectivity index (χ1) is 8.31. The van der Waals surface area contributed by atoms with E-state index in [4.69, 9.17) is 4.74 Å². The van der Waals surface area contributed by atoms with Crippen molar-refractivity contribution >= 4 is 23.5 Å². The maximum Gasteiger partial charge on any atom is 0.119 e. The number of rotatable bonds is 4. The first-order valence-corrected chi connectivity index (χ1v) is 8.11. The molecule has 4 heteroatoms. The van der Waals surface area contributed by atoms with Crippen LogP contribution in [0.4, 0.5) is 0 Å². The molecule has 1 aliphatic heterocycles. The predicted molar refractivity (Wildman–Crippen MR) is 76.1 cm³/mol. The fourth-order valence-corrected chi connectivity index (χ4v) is 4.58. The lowest BCUT2D eigenvalue weighted by Crippen LogP contribution is -2.22. The molecule has 1 N–H and O–H groups in total. The molecule has 0 bridgehead atoms. The Hall–Kier alpha value is -0.320. The quantitative estimate of drug-likeness (QED) is 0.911. The zero-order valence-electron chi connectivity index (χ0n) is 9.96. The Kier molecular flexibility index (Phi) is 5.07. The predicted octanol–water partition coefficient (Wildman–Crippen LogP) is 2.97. The van der Waals surface area contributed by atoms with Gasteiger partial charge in [-0.05, 0) is 24.6 Å². The first kappa shape index (κ1) is 13.1. The average molecular weight is 270 g/mol. The van der Waals surface area contributed by atoms with E-state index in [0.29, 0.717) is 11.9 Å². The molecule has 1 heterocycles. The van der Waals surface area contributed by atoms with Gasteiger partial charge >= 0.3 is 0 Å². The van der Waals surface area contributed by atoms with Crippen molar-refractivity contribution in [1.29, 1.82) is 0 Å². The molecule has 0 spiro atoms. The van der Waals surface area contributed by atoms with Crippen molar-refractivity contribution in [2.75, 3.05) is 23.9 Å². The van der Waals surface area contributed by atoms with Crippen molar-refractivity contribution in [3.05, 3.63) is 29.8 Å². The van der Waals surface area contributed by atoms with Crippen LogP contribution in [0.25, 0.3) is 0 Å². The van der Waals surface area contributed by atoms with Gasteiger partial charge in [0.25, 0.3) is 0 Å². The maximum atomic E-state index is 10.3. The molecular formula is C13H18O2S2. The normalized spacial score (nSPS) is 22.1. The van der Waals surface area contributed by atoms with Gasteiger partial charge < -0.3 is 9.84 Å². The van der Waals surface area contributed by atoms with Crippen LogP contribution in [0.5, 0.6) is 5.75 Å². The Balaban J connectivity index is 2.00. The lowest BCUT2D eigenvalue weighted by Gasteiger charge is -2.26. The molecule has 0 radical (unpaired) electrons. The summed E-state index contributed by atoms with van der Waals surface area (Å²) >= 11 is 3.81. The lowest BCUT2D eigenvalue weighted by molar-refractivity contribution is 0.180. The van der Waals surface area contributed by atoms with E-state index in [1.807, 2.05) is 54.7 Å². The van der Waals surface area contributed by atoms with E-state index in [0.717, 1.165) is 22.8 Å². The van der Waals surface area contributed by atoms with Crippen LogP contribution in [-0.2, 0) is 0 Å². The van der Waals surface area contributed by atoms with Crippen LogP contribution < -0.4 is 4.74 Å². The zero-order chi connectivity index (χ0) is 12.1. The third-order valence-corrected chi connectivity index (χ3v) is 5.58. The molecule has 0 amide bonds. The van der Waals surface area contributed by atoms with Gasteiger partial charge in [-0.25, -0.2) is 0 Å². The van der Waals surface area contributed by atoms with E-state index in [1.54, 1.807) is 0 Å². The smallest absolute Gasteiger partial charge is 0.119 e. The fourth-order valence-electron chi connectivity index (χ4n) is 1.83. The standard InChI is InChI=1S/C13H18O2S2/c1-2-15-11-5-3-10(4-6-11)13(14)12-9-16-7-8-17-12/h3-6,12-14H,2,7-9H2,1H3. The number of hydrogen-bond donors (Lipinski definition) is 1. The average Bonchev–Trinajstić information content (AvgIpc) is 2.40. The van der Waals surface area contributed by atoms with Crippen LogP contribution in [0, 0.1) is 0 Å². The molecule has 2 atom stereocenters. The highest BCUT2D eigenvalue weighted by Gasteiger charge is 2.23. The van der Waals surface area contributed by atoms with Crippen molar-refractivity contribution in [2.24, 2.45) is 0 Å². The van der Waals surface area contributed by atoms with Crippen LogP contribution >= 0.6 is 23.5 Å². The monoisotopic (exact) mass is 270 g/mol. The van der Waals surface area contributed by atoms with Crippen LogP contribution in [0.1, 0.15) is 18.6 Å². The molecule has 1 saturated heterocycles. The second-order valence-corrected chi connectivity index (χ2v) is 6.43. The molecule has 1 aromatic carbocycles. The van der Waals surface area contributed by atoms with Gasteiger partial charge in [-0.2, -0.15) is 23.5 Å². The summed E-state index contributed by atoms with van der Waals surface area (Å²) in [4.78, 5) is 0. The number of ether oxygens (including phenoxy) is 1. The number of aliphatic hydroxyl groups is 1. The molecule has 2 nitrogen and oxygen atoms in total. The van der Waals surface area contributed by atoms with Crippen LogP contribution in [0.2, 0.25) is 0 Å². The molecule has 0 saturated carbocycles. The second kappa shape index (κ2) is 6.57. The minimum absolute atomic E-state index is 0.326. The van der Waals surface area contributed by atoms with Crippen molar-refractivity contribution in [2.45, 2.75) is 18.3 Å². The number of thioether (sulfide) groups is 2. The third-order valence-electron chi connectivity index (χ3n) is 2.73. The summed E-state index contributed by atoms with van der Waals surface area (Å²) in [6, 6.07) is 7.80. The SMILES string of the molecule is CCOc1ccc(C(O)C2CSCCS2)cc1. The van der Waals surface area contributed by atoms with Gasteiger partial charge in [0.2, 0.25) is 0 Å². The highest BCUT2D eigenvalue weighted by molar-refractivity contribution is 8.06. The summed E-state index contributed by atoms with van der Waals surface area (Å²) in [5.74, 6) is 4.26. The van der Waals surface area contributed by atoms with Crippen molar-refractivity contribution in [3.8, 4) is 5.75 Å². The van der Waals surface area contributed by atoms with E-state index in [1.165, 1.54) is 5.75 Å². The number of benzene rings is 1. The molecule has 0 aromatic heterocycles. The van der Waals surface area contributed by atoms with E-state index < -0.39 is 0 Å². The van der Waals surface area contributed by atoms with Gasteiger partial charge in [0.15, 0.2) is 0 Å². The molecule has 2 unspecified atom stereocenters. The Bertz CT molecular complexity index is 334. The van der Waals surface area contributed by atoms with Gasteiger partial charge in [-0.1, -0.05) is 12.1 Å². The van der Waals surface area contributed by atoms with E-state index in [2.05, 4.69) is 0 Å². The minimum atomic E-state index is -0.358. The van der Waals surface area contributed by atoms with Gasteiger partial charge in [0.1, 0.15) is 5.75 Å². The van der Waals surface area contributed by atoms with Crippen LogP contribution in [-0.4, -0.2) is 34.2 Å². The summed E-state index contributed by atoms with van der Waals surface area (Å²) in [6.45, 7) is 2.65. The molecule has 1 aliphatic rings. The summed E-state index contributed by atoms with van der Waals surface area (Å²) in [7, 11) is 0. The van der Waals surface area contributed by atoms with Gasteiger partial charge in [-0.15, -0.1) is 0 Å². The van der Waals surface area contributed by atoms with E-state index in [9.17, 15) is 5.11 Å². The summed E-state index contributed by atoms with van der Waals surface area (Å²) in [6.07, 6.45) is -0.358. The molecule has 17 heavy (non-hydrogen) atoms. The largest absolute Gasteiger partial charge is 0.494 e.